The van der Waals surface area contributed by atoms with Gasteiger partial charge in [-0.2, -0.15) is 0 Å². The van der Waals surface area contributed by atoms with Crippen LogP contribution in [0.4, 0.5) is 5.82 Å². The number of benzene rings is 2. The summed E-state index contributed by atoms with van der Waals surface area (Å²) in [7, 11) is 2.18. The van der Waals surface area contributed by atoms with E-state index >= 15 is 0 Å². The minimum atomic E-state index is -0.837. The highest BCUT2D eigenvalue weighted by atomic mass is 16.3. The van der Waals surface area contributed by atoms with E-state index < -0.39 is 12.2 Å². The Hall–Kier alpha value is -4.78. The maximum absolute atomic E-state index is 14.5. The zero-order valence-electron chi connectivity index (χ0n) is 30.3. The fourth-order valence-corrected chi connectivity index (χ4v) is 8.24. The third kappa shape index (κ3) is 7.55. The molecule has 5 heterocycles. The van der Waals surface area contributed by atoms with Gasteiger partial charge in [-0.05, 0) is 55.8 Å². The Bertz CT molecular complexity index is 1750. The van der Waals surface area contributed by atoms with Gasteiger partial charge in [-0.25, -0.2) is 15.0 Å². The van der Waals surface area contributed by atoms with Crippen molar-refractivity contribution in [2.24, 2.45) is 0 Å². The summed E-state index contributed by atoms with van der Waals surface area (Å²) in [6.45, 7) is 11.9. The topological polar surface area (TPSA) is 107 Å². The van der Waals surface area contributed by atoms with Gasteiger partial charge in [0.2, 0.25) is 17.7 Å². The number of phenolic OH excluding ortho intramolecular Hbond substituents is 1. The number of phenols is 1. The maximum atomic E-state index is 14.5. The molecule has 4 fully saturated rings. The smallest absolute Gasteiger partial charge is 0.246 e. The molecule has 0 aliphatic carbocycles. The van der Waals surface area contributed by atoms with E-state index in [1.807, 2.05) is 48.5 Å². The lowest BCUT2D eigenvalue weighted by atomic mass is 9.98. The van der Waals surface area contributed by atoms with E-state index in [0.717, 1.165) is 55.4 Å². The summed E-state index contributed by atoms with van der Waals surface area (Å²) >= 11 is 0. The highest BCUT2D eigenvalue weighted by molar-refractivity contribution is 5.92. The monoisotopic (exact) mass is 706 g/mol. The van der Waals surface area contributed by atoms with Gasteiger partial charge in [0.25, 0.3) is 0 Å². The Morgan fingerprint density at radius 2 is 1.71 bits per heavy atom. The van der Waals surface area contributed by atoms with Crippen LogP contribution in [0.1, 0.15) is 30.2 Å². The van der Waals surface area contributed by atoms with E-state index in [1.54, 1.807) is 50.2 Å². The lowest BCUT2D eigenvalue weighted by Gasteiger charge is -2.55. The fourth-order valence-electron chi connectivity index (χ4n) is 8.24. The minimum absolute atomic E-state index is 0.0354. The SMILES string of the molecule is C=CCN1CC(=O)N2C(CN(Cc3cccc(N4CC(N5CCN(C)C[C@@H]5C)C4)n3)C(=O)[C@@H]2Cc2ccc(O)cc2)N1C(=O)CCc1ccccc1. The van der Waals surface area contributed by atoms with Crippen LogP contribution in [0.15, 0.2) is 85.5 Å². The van der Waals surface area contributed by atoms with Gasteiger partial charge in [-0.1, -0.05) is 54.6 Å². The van der Waals surface area contributed by atoms with Gasteiger partial charge in [0.1, 0.15) is 23.8 Å². The number of aryl methyl sites for hydroxylation is 1. The van der Waals surface area contributed by atoms with Gasteiger partial charge in [0, 0.05) is 64.2 Å². The van der Waals surface area contributed by atoms with Crippen molar-refractivity contribution in [2.45, 2.75) is 57.0 Å². The van der Waals surface area contributed by atoms with Crippen molar-refractivity contribution in [3.05, 3.63) is 102 Å². The van der Waals surface area contributed by atoms with Crippen LogP contribution in [0.2, 0.25) is 0 Å². The number of piperazine rings is 2. The Morgan fingerprint density at radius 3 is 2.44 bits per heavy atom. The molecular weight excluding hydrogens is 656 g/mol. The second-order valence-corrected chi connectivity index (χ2v) is 14.6. The summed E-state index contributed by atoms with van der Waals surface area (Å²) in [5, 5.41) is 13.4. The summed E-state index contributed by atoms with van der Waals surface area (Å²) in [5.74, 6) is 0.503. The molecule has 1 unspecified atom stereocenters. The Labute approximate surface area is 306 Å². The predicted octanol–water partition coefficient (Wildman–Crippen LogP) is 2.60. The van der Waals surface area contributed by atoms with Crippen LogP contribution >= 0.6 is 0 Å². The van der Waals surface area contributed by atoms with Crippen LogP contribution in [0.5, 0.6) is 5.75 Å². The van der Waals surface area contributed by atoms with Crippen molar-refractivity contribution in [2.75, 3.05) is 64.3 Å². The average molecular weight is 707 g/mol. The highest BCUT2D eigenvalue weighted by Gasteiger charge is 2.51. The predicted molar refractivity (Wildman–Crippen MR) is 199 cm³/mol. The molecule has 3 atom stereocenters. The number of hydrogen-bond donors (Lipinski definition) is 1. The number of rotatable bonds is 11. The quantitative estimate of drug-likeness (QED) is 0.302. The molecule has 4 aliphatic heterocycles. The molecule has 3 aromatic rings. The van der Waals surface area contributed by atoms with Crippen molar-refractivity contribution in [3.8, 4) is 5.75 Å². The highest BCUT2D eigenvalue weighted by Crippen LogP contribution is 2.31. The molecular formula is C40H50N8O4. The summed E-state index contributed by atoms with van der Waals surface area (Å²) in [6, 6.07) is 22.7. The second-order valence-electron chi connectivity index (χ2n) is 14.6. The number of likely N-dealkylation sites (N-methyl/N-ethyl adjacent to an activating group) is 1. The van der Waals surface area contributed by atoms with Crippen LogP contribution < -0.4 is 4.90 Å². The standard InChI is InChI=1S/C40H50N8O4/c1-4-19-45-28-39(51)47-35(22-31-13-16-34(49)17-14-31)40(52)44(27-37(47)48(45)38(50)18-15-30-9-6-5-7-10-30)24-32-11-8-12-36(41-32)43-25-33(26-43)46-21-20-42(3)23-29(46)2/h4-14,16-17,29,33,35,37,49H,1,15,18-28H2,2-3H3/t29-,35-,37?/m0/s1. The van der Waals surface area contributed by atoms with Crippen LogP contribution in [0, 0.1) is 0 Å². The first-order valence-electron chi connectivity index (χ1n) is 18.4. The molecule has 3 amide bonds. The number of aromatic hydroxyl groups is 1. The average Bonchev–Trinajstić information content (AvgIpc) is 3.11. The molecule has 0 radical (unpaired) electrons. The summed E-state index contributed by atoms with van der Waals surface area (Å²) in [5.41, 5.74) is 2.62. The molecule has 1 aromatic heterocycles. The molecule has 2 aromatic carbocycles. The Kier molecular flexibility index (Phi) is 10.6. The Morgan fingerprint density at radius 1 is 0.942 bits per heavy atom. The van der Waals surface area contributed by atoms with Crippen LogP contribution in [-0.4, -0.2) is 141 Å². The molecule has 12 heteroatoms. The minimum Gasteiger partial charge on any atom is -0.508 e. The third-order valence-corrected chi connectivity index (χ3v) is 10.9. The Balaban J connectivity index is 1.13. The molecule has 4 aliphatic rings. The van der Waals surface area contributed by atoms with Crippen LogP contribution in [0.3, 0.4) is 0 Å². The van der Waals surface area contributed by atoms with E-state index in [-0.39, 0.29) is 55.9 Å². The summed E-state index contributed by atoms with van der Waals surface area (Å²) in [4.78, 5) is 58.3. The zero-order valence-corrected chi connectivity index (χ0v) is 30.3. The summed E-state index contributed by atoms with van der Waals surface area (Å²) in [6.07, 6.45) is 2.05. The summed E-state index contributed by atoms with van der Waals surface area (Å²) < 4.78 is 0. The van der Waals surface area contributed by atoms with Crippen molar-refractivity contribution in [1.82, 2.24) is 34.6 Å². The van der Waals surface area contributed by atoms with Gasteiger partial charge >= 0.3 is 0 Å². The molecule has 274 valence electrons. The zero-order chi connectivity index (χ0) is 36.4. The van der Waals surface area contributed by atoms with Gasteiger partial charge in [-0.3, -0.25) is 19.3 Å². The van der Waals surface area contributed by atoms with Gasteiger partial charge in [-0.15, -0.1) is 6.58 Å². The van der Waals surface area contributed by atoms with E-state index in [4.69, 9.17) is 4.98 Å². The number of pyridine rings is 1. The number of carbonyl (C=O) groups is 3. The van der Waals surface area contributed by atoms with Gasteiger partial charge < -0.3 is 24.7 Å². The van der Waals surface area contributed by atoms with Crippen LogP contribution in [-0.2, 0) is 33.8 Å². The number of hydrazine groups is 1. The van der Waals surface area contributed by atoms with E-state index in [1.165, 1.54) is 0 Å². The lowest BCUT2D eigenvalue weighted by molar-refractivity contribution is -0.205. The fraction of sp³-hybridized carbons (Fsp3) is 0.450. The first kappa shape index (κ1) is 35.6. The van der Waals surface area contributed by atoms with Gasteiger partial charge in [0.05, 0.1) is 25.3 Å². The molecule has 0 bridgehead atoms. The van der Waals surface area contributed by atoms with Crippen molar-refractivity contribution in [1.29, 1.82) is 0 Å². The van der Waals surface area contributed by atoms with E-state index in [9.17, 15) is 19.5 Å². The number of anilines is 1. The number of fused-ring (bicyclic) bond motifs is 1. The van der Waals surface area contributed by atoms with Crippen molar-refractivity contribution < 1.29 is 19.5 Å². The van der Waals surface area contributed by atoms with E-state index in [0.29, 0.717) is 25.0 Å². The van der Waals surface area contributed by atoms with Crippen molar-refractivity contribution >= 4 is 23.5 Å². The second kappa shape index (κ2) is 15.4. The van der Waals surface area contributed by atoms with Gasteiger partial charge in [0.15, 0.2) is 0 Å². The molecule has 1 N–H and O–H groups in total. The molecule has 0 spiro atoms. The third-order valence-electron chi connectivity index (χ3n) is 10.9. The number of carbonyl (C=O) groups excluding carboxylic acids is 3. The largest absolute Gasteiger partial charge is 0.508 e. The first-order chi connectivity index (χ1) is 25.2. The number of amides is 3. The van der Waals surface area contributed by atoms with Crippen molar-refractivity contribution in [3.63, 3.8) is 0 Å². The molecule has 0 saturated carbocycles. The lowest BCUT2D eigenvalue weighted by Crippen LogP contribution is -2.75. The molecule has 52 heavy (non-hydrogen) atoms. The number of hydrogen-bond acceptors (Lipinski definition) is 9. The van der Waals surface area contributed by atoms with E-state index in [2.05, 4.69) is 35.3 Å². The normalized spacial score (nSPS) is 23.5. The maximum Gasteiger partial charge on any atom is 0.246 e. The number of aromatic nitrogens is 1. The molecule has 12 nitrogen and oxygen atoms in total. The first-order valence-corrected chi connectivity index (χ1v) is 18.4. The molecule has 7 rings (SSSR count). The number of nitrogens with zero attached hydrogens (tertiary/aromatic N) is 8. The van der Waals surface area contributed by atoms with Crippen LogP contribution in [0.25, 0.3) is 0 Å². The molecule has 4 saturated heterocycles.